The van der Waals surface area contributed by atoms with Crippen LogP contribution in [-0.2, 0) is 4.74 Å². The molecule has 3 heterocycles. The third-order valence-electron chi connectivity index (χ3n) is 3.83. The van der Waals surface area contributed by atoms with Gasteiger partial charge >= 0.3 is 0 Å². The van der Waals surface area contributed by atoms with Gasteiger partial charge in [0.05, 0.1) is 25.3 Å². The molecule has 0 aliphatic carbocycles. The molecule has 0 atom stereocenters. The van der Waals surface area contributed by atoms with Gasteiger partial charge in [0.1, 0.15) is 11.6 Å². The molecule has 1 fully saturated rings. The molecule has 8 nitrogen and oxygen atoms in total. The van der Waals surface area contributed by atoms with Gasteiger partial charge in [-0.15, -0.1) is 0 Å². The van der Waals surface area contributed by atoms with E-state index in [4.69, 9.17) is 15.2 Å². The summed E-state index contributed by atoms with van der Waals surface area (Å²) in [5.74, 6) is 2.72. The zero-order chi connectivity index (χ0) is 16.5. The highest BCUT2D eigenvalue weighted by atomic mass is 16.5. The molecule has 0 saturated carbocycles. The summed E-state index contributed by atoms with van der Waals surface area (Å²) in [6, 6.07) is 7.59. The van der Waals surface area contributed by atoms with Gasteiger partial charge in [-0.1, -0.05) is 0 Å². The molecule has 4 N–H and O–H groups in total. The van der Waals surface area contributed by atoms with Crippen LogP contribution in [-0.4, -0.2) is 40.0 Å². The first kappa shape index (κ1) is 14.7. The number of aryl methyl sites for hydroxylation is 1. The lowest BCUT2D eigenvalue weighted by Gasteiger charge is -2.25. The monoisotopic (exact) mass is 326 g/mol. The molecule has 8 heteroatoms. The van der Waals surface area contributed by atoms with Crippen LogP contribution < -0.4 is 15.8 Å². The van der Waals surface area contributed by atoms with E-state index in [-0.39, 0.29) is 5.95 Å². The Morgan fingerprint density at radius 1 is 1.33 bits per heavy atom. The maximum absolute atomic E-state index is 5.84. The van der Waals surface area contributed by atoms with Crippen LogP contribution in [0.3, 0.4) is 0 Å². The smallest absolute Gasteiger partial charge is 0.222 e. The van der Waals surface area contributed by atoms with Crippen LogP contribution in [0, 0.1) is 12.8 Å². The molecule has 0 amide bonds. The number of fused-ring (bicyclic) bond motifs is 1. The molecule has 2 aromatic heterocycles. The van der Waals surface area contributed by atoms with Crippen LogP contribution in [0.15, 0.2) is 24.3 Å². The van der Waals surface area contributed by atoms with Crippen LogP contribution in [0.2, 0.25) is 0 Å². The summed E-state index contributed by atoms with van der Waals surface area (Å²) in [4.78, 5) is 8.58. The minimum atomic E-state index is 0.196. The third kappa shape index (κ3) is 2.95. The fraction of sp³-hybridized carbons (Fsp3) is 0.312. The molecular weight excluding hydrogens is 308 g/mol. The van der Waals surface area contributed by atoms with Gasteiger partial charge in [-0.2, -0.15) is 10.1 Å². The van der Waals surface area contributed by atoms with Crippen LogP contribution >= 0.6 is 0 Å². The van der Waals surface area contributed by atoms with Gasteiger partial charge in [0, 0.05) is 29.1 Å². The van der Waals surface area contributed by atoms with Crippen molar-refractivity contribution in [3.05, 3.63) is 30.0 Å². The molecule has 0 bridgehead atoms. The molecule has 4 rings (SSSR count). The van der Waals surface area contributed by atoms with Gasteiger partial charge in [-0.05, 0) is 19.1 Å². The van der Waals surface area contributed by atoms with Crippen LogP contribution in [0.4, 0.5) is 17.6 Å². The molecule has 24 heavy (non-hydrogen) atoms. The number of ether oxygens (including phenoxy) is 2. The largest absolute Gasteiger partial charge is 0.493 e. The van der Waals surface area contributed by atoms with E-state index in [2.05, 4.69) is 25.5 Å². The van der Waals surface area contributed by atoms with Crippen LogP contribution in [0.1, 0.15) is 5.69 Å². The lowest BCUT2D eigenvalue weighted by molar-refractivity contribution is -0.0508. The Labute approximate surface area is 138 Å². The van der Waals surface area contributed by atoms with E-state index >= 15 is 0 Å². The normalized spacial score (nSPS) is 14.5. The third-order valence-corrected chi connectivity index (χ3v) is 3.83. The number of nitrogens with one attached hydrogen (secondary N) is 2. The molecule has 1 aliphatic rings. The lowest BCUT2D eigenvalue weighted by atomic mass is 10.1. The molecule has 1 aromatic carbocycles. The first-order valence-electron chi connectivity index (χ1n) is 7.74. The lowest BCUT2D eigenvalue weighted by Crippen LogP contribution is -2.32. The van der Waals surface area contributed by atoms with Gasteiger partial charge in [-0.25, -0.2) is 4.98 Å². The quantitative estimate of drug-likeness (QED) is 0.657. The maximum atomic E-state index is 5.84. The first-order valence-corrected chi connectivity index (χ1v) is 7.74. The summed E-state index contributed by atoms with van der Waals surface area (Å²) in [7, 11) is 0. The Morgan fingerprint density at radius 3 is 2.92 bits per heavy atom. The van der Waals surface area contributed by atoms with Crippen molar-refractivity contribution in [2.45, 2.75) is 6.92 Å². The van der Waals surface area contributed by atoms with Gasteiger partial charge in [0.15, 0.2) is 5.82 Å². The zero-order valence-corrected chi connectivity index (χ0v) is 13.2. The molecule has 124 valence electrons. The Hall–Kier alpha value is -2.87. The van der Waals surface area contributed by atoms with Crippen molar-refractivity contribution in [1.29, 1.82) is 0 Å². The average molecular weight is 326 g/mol. The number of hydrogen-bond acceptors (Lipinski definition) is 7. The topological polar surface area (TPSA) is 111 Å². The Morgan fingerprint density at radius 2 is 2.21 bits per heavy atom. The molecule has 0 spiro atoms. The van der Waals surface area contributed by atoms with E-state index in [0.717, 1.165) is 35.6 Å². The van der Waals surface area contributed by atoms with Crippen molar-refractivity contribution in [3.63, 3.8) is 0 Å². The van der Waals surface area contributed by atoms with E-state index in [1.807, 2.05) is 31.2 Å². The number of nitrogens with zero attached hydrogens (tertiary/aromatic N) is 3. The summed E-state index contributed by atoms with van der Waals surface area (Å²) in [5, 5.41) is 11.1. The number of aromatic amines is 1. The Bertz CT molecular complexity index is 874. The fourth-order valence-electron chi connectivity index (χ4n) is 2.51. The van der Waals surface area contributed by atoms with E-state index in [9.17, 15) is 0 Å². The Kier molecular flexibility index (Phi) is 3.66. The predicted octanol–water partition coefficient (Wildman–Crippen LogP) is 2.01. The van der Waals surface area contributed by atoms with Crippen molar-refractivity contribution in [1.82, 2.24) is 20.2 Å². The van der Waals surface area contributed by atoms with E-state index < -0.39 is 0 Å². The number of nitrogens with two attached hydrogens (primary N) is 1. The van der Waals surface area contributed by atoms with Crippen molar-refractivity contribution in [2.75, 3.05) is 30.9 Å². The molecule has 1 aliphatic heterocycles. The van der Waals surface area contributed by atoms with Gasteiger partial charge in [0.25, 0.3) is 0 Å². The second-order valence-electron chi connectivity index (χ2n) is 5.89. The number of rotatable bonds is 5. The highest BCUT2D eigenvalue weighted by Gasteiger charge is 2.19. The highest BCUT2D eigenvalue weighted by Crippen LogP contribution is 2.27. The van der Waals surface area contributed by atoms with Crippen molar-refractivity contribution in [3.8, 4) is 5.75 Å². The van der Waals surface area contributed by atoms with Crippen LogP contribution in [0.5, 0.6) is 5.75 Å². The van der Waals surface area contributed by atoms with Crippen molar-refractivity contribution in [2.24, 2.45) is 5.92 Å². The SMILES string of the molecule is Cc1cc(Nc2nc(N)nc3cc(OCC4COC4)ccc23)n[nH]1. The van der Waals surface area contributed by atoms with Crippen molar-refractivity contribution < 1.29 is 9.47 Å². The molecule has 0 radical (unpaired) electrons. The van der Waals surface area contributed by atoms with Crippen molar-refractivity contribution >= 4 is 28.5 Å². The van der Waals surface area contributed by atoms with E-state index in [1.54, 1.807) is 0 Å². The summed E-state index contributed by atoms with van der Waals surface area (Å²) in [6.45, 7) is 4.10. The minimum absolute atomic E-state index is 0.196. The van der Waals surface area contributed by atoms with Gasteiger partial charge < -0.3 is 20.5 Å². The average Bonchev–Trinajstić information content (AvgIpc) is 2.90. The molecule has 1 saturated heterocycles. The summed E-state index contributed by atoms with van der Waals surface area (Å²) in [6.07, 6.45) is 0. The number of aromatic nitrogens is 4. The number of anilines is 3. The second kappa shape index (κ2) is 5.97. The van der Waals surface area contributed by atoms with E-state index in [0.29, 0.717) is 24.2 Å². The van der Waals surface area contributed by atoms with E-state index in [1.165, 1.54) is 0 Å². The summed E-state index contributed by atoms with van der Waals surface area (Å²) in [5.41, 5.74) is 7.52. The molecular formula is C16H18N6O2. The highest BCUT2D eigenvalue weighted by molar-refractivity contribution is 5.92. The number of hydrogen-bond donors (Lipinski definition) is 3. The minimum Gasteiger partial charge on any atom is -0.493 e. The summed E-state index contributed by atoms with van der Waals surface area (Å²) >= 11 is 0. The maximum Gasteiger partial charge on any atom is 0.222 e. The first-order chi connectivity index (χ1) is 11.7. The molecule has 0 unspecified atom stereocenters. The number of benzene rings is 1. The summed E-state index contributed by atoms with van der Waals surface area (Å²) < 4.78 is 10.9. The Balaban J connectivity index is 1.61. The number of H-pyrrole nitrogens is 1. The zero-order valence-electron chi connectivity index (χ0n) is 13.2. The molecule has 3 aromatic rings. The van der Waals surface area contributed by atoms with Gasteiger partial charge in [-0.3, -0.25) is 5.10 Å². The predicted molar refractivity (Wildman–Crippen MR) is 90.4 cm³/mol. The fourth-order valence-corrected chi connectivity index (χ4v) is 2.51. The van der Waals surface area contributed by atoms with Gasteiger partial charge in [0.2, 0.25) is 5.95 Å². The standard InChI is InChI=1S/C16H18N6O2/c1-9-4-14(22-21-9)19-15-12-3-2-11(24-8-10-6-23-7-10)5-13(12)18-16(17)20-15/h2-5,10H,6-8H2,1H3,(H4,17,18,19,20,21,22). The number of nitrogen functional groups attached to an aromatic ring is 1. The second-order valence-corrected chi connectivity index (χ2v) is 5.89. The van der Waals surface area contributed by atoms with Crippen LogP contribution in [0.25, 0.3) is 10.9 Å².